The molecule has 0 radical (unpaired) electrons. The van der Waals surface area contributed by atoms with Gasteiger partial charge in [0.2, 0.25) is 0 Å². The summed E-state index contributed by atoms with van der Waals surface area (Å²) in [7, 11) is 0. The van der Waals surface area contributed by atoms with Crippen LogP contribution in [0.4, 0.5) is 5.69 Å². The molecular weight excluding hydrogens is 394 g/mol. The minimum atomic E-state index is -0.431. The Kier molecular flexibility index (Phi) is 5.29. The van der Waals surface area contributed by atoms with Crippen LogP contribution >= 0.6 is 0 Å². The lowest BCUT2D eigenvalue weighted by Crippen LogP contribution is -2.36. The molecule has 2 heterocycles. The fraction of sp³-hybridized carbons (Fsp3) is 0.286. The smallest absolute Gasteiger partial charge is 0.265 e. The van der Waals surface area contributed by atoms with Crippen molar-refractivity contribution in [1.82, 2.24) is 0 Å². The van der Waals surface area contributed by atoms with E-state index in [1.807, 2.05) is 18.2 Å². The van der Waals surface area contributed by atoms with Gasteiger partial charge in [0.05, 0.1) is 12.6 Å². The molecule has 158 valence electrons. The highest BCUT2D eigenvalue weighted by Crippen LogP contribution is 2.43. The zero-order chi connectivity index (χ0) is 22.0. The molecule has 4 nitrogen and oxygen atoms in total. The number of fused-ring (bicyclic) bond motifs is 1. The molecule has 0 amide bonds. The van der Waals surface area contributed by atoms with Crippen molar-refractivity contribution in [2.45, 2.75) is 37.7 Å². The van der Waals surface area contributed by atoms with E-state index < -0.39 is 5.60 Å². The summed E-state index contributed by atoms with van der Waals surface area (Å²) in [4.78, 5) is 5.90. The third-order valence-electron chi connectivity index (χ3n) is 6.63. The van der Waals surface area contributed by atoms with Crippen molar-refractivity contribution >= 4 is 11.8 Å². The van der Waals surface area contributed by atoms with E-state index >= 15 is 0 Å². The van der Waals surface area contributed by atoms with E-state index in [1.54, 1.807) is 0 Å². The lowest BCUT2D eigenvalue weighted by atomic mass is 9.87. The normalized spacial score (nSPS) is 20.4. The van der Waals surface area contributed by atoms with Gasteiger partial charge in [0.15, 0.2) is 0 Å². The van der Waals surface area contributed by atoms with Crippen molar-refractivity contribution in [3.63, 3.8) is 0 Å². The predicted octanol–water partition coefficient (Wildman–Crippen LogP) is 5.84. The van der Waals surface area contributed by atoms with Crippen LogP contribution in [0.2, 0.25) is 0 Å². The molecule has 5 rings (SSSR count). The topological polar surface area (TPSA) is 40.6 Å². The first-order chi connectivity index (χ1) is 15.7. The summed E-state index contributed by atoms with van der Waals surface area (Å²) < 4.78 is 6.53. The molecule has 0 bridgehead atoms. The molecule has 2 aromatic rings. The molecule has 1 fully saturated rings. The number of nitriles is 1. The molecule has 4 heteroatoms. The number of ether oxygens (including phenoxy) is 1. The standard InChI is InChI=1S/C28H25N3O/c1-30-27(20-29)24-16-26(32-28(19-24)17-22-6-2-3-7-23(22)18-28)13-10-21-8-11-25(12-9-21)31-14-4-5-15-31/h2-3,6-13,16H,4-5,14-15,17-19H2. The largest absolute Gasteiger partial charge is 0.486 e. The molecule has 0 N–H and O–H groups in total. The summed E-state index contributed by atoms with van der Waals surface area (Å²) in [5, 5.41) is 9.48. The van der Waals surface area contributed by atoms with Gasteiger partial charge in [-0.3, -0.25) is 0 Å². The summed E-state index contributed by atoms with van der Waals surface area (Å²) >= 11 is 0. The quantitative estimate of drug-likeness (QED) is 0.464. The maximum absolute atomic E-state index is 9.48. The van der Waals surface area contributed by atoms with Crippen LogP contribution in [0.1, 0.15) is 36.0 Å². The minimum absolute atomic E-state index is 0.157. The highest BCUT2D eigenvalue weighted by Gasteiger charge is 2.42. The van der Waals surface area contributed by atoms with Crippen LogP contribution in [-0.4, -0.2) is 18.7 Å². The molecule has 1 saturated heterocycles. The Morgan fingerprint density at radius 3 is 2.31 bits per heavy atom. The number of anilines is 1. The van der Waals surface area contributed by atoms with Crippen LogP contribution in [0.15, 0.2) is 77.7 Å². The summed E-state index contributed by atoms with van der Waals surface area (Å²) in [6.45, 7) is 9.70. The number of hydrogen-bond donors (Lipinski definition) is 0. The van der Waals surface area contributed by atoms with Crippen LogP contribution in [-0.2, 0) is 17.6 Å². The SMILES string of the molecule is [C-]#[N+]C(C#N)=C1C=C(C=Cc2ccc(N3CCCC3)cc2)OC2(C1)Cc1ccccc1C2. The first-order valence-electron chi connectivity index (χ1n) is 11.2. The Hall–Kier alpha value is -3.76. The van der Waals surface area contributed by atoms with Crippen LogP contribution in [0, 0.1) is 17.9 Å². The van der Waals surface area contributed by atoms with Gasteiger partial charge in [-0.15, -0.1) is 0 Å². The molecule has 1 spiro atoms. The Morgan fingerprint density at radius 2 is 1.69 bits per heavy atom. The van der Waals surface area contributed by atoms with Crippen LogP contribution in [0.25, 0.3) is 10.9 Å². The van der Waals surface area contributed by atoms with E-state index in [-0.39, 0.29) is 5.70 Å². The van der Waals surface area contributed by atoms with Gasteiger partial charge in [-0.2, -0.15) is 0 Å². The molecule has 0 atom stereocenters. The highest BCUT2D eigenvalue weighted by atomic mass is 16.5. The lowest BCUT2D eigenvalue weighted by molar-refractivity contribution is 0.0108. The van der Waals surface area contributed by atoms with Crippen molar-refractivity contribution in [3.05, 3.63) is 106 Å². The maximum atomic E-state index is 9.48. The van der Waals surface area contributed by atoms with Crippen LogP contribution in [0.3, 0.4) is 0 Å². The minimum Gasteiger partial charge on any atom is -0.486 e. The maximum Gasteiger partial charge on any atom is 0.265 e. The molecule has 3 aliphatic rings. The van der Waals surface area contributed by atoms with Gasteiger partial charge < -0.3 is 9.64 Å². The van der Waals surface area contributed by atoms with E-state index in [9.17, 15) is 5.26 Å². The fourth-order valence-corrected chi connectivity index (χ4v) is 5.09. The Bertz CT molecular complexity index is 1160. The third-order valence-corrected chi connectivity index (χ3v) is 6.63. The first kappa shape index (κ1) is 20.2. The lowest BCUT2D eigenvalue weighted by Gasteiger charge is -2.35. The monoisotopic (exact) mass is 419 g/mol. The fourth-order valence-electron chi connectivity index (χ4n) is 5.09. The summed E-state index contributed by atoms with van der Waals surface area (Å²) in [5.41, 5.74) is 5.45. The van der Waals surface area contributed by atoms with E-state index in [0.717, 1.165) is 37.1 Å². The molecule has 0 saturated carbocycles. The van der Waals surface area contributed by atoms with Gasteiger partial charge >= 0.3 is 0 Å². The van der Waals surface area contributed by atoms with Gasteiger partial charge in [0.1, 0.15) is 11.4 Å². The zero-order valence-electron chi connectivity index (χ0n) is 18.1. The summed E-state index contributed by atoms with van der Waals surface area (Å²) in [6.07, 6.45) is 10.6. The molecule has 2 aromatic carbocycles. The molecule has 2 aliphatic heterocycles. The number of hydrogen-bond acceptors (Lipinski definition) is 3. The predicted molar refractivity (Wildman–Crippen MR) is 127 cm³/mol. The molecule has 32 heavy (non-hydrogen) atoms. The first-order valence-corrected chi connectivity index (χ1v) is 11.2. The third kappa shape index (κ3) is 3.93. The van der Waals surface area contributed by atoms with Gasteiger partial charge in [-0.25, -0.2) is 10.1 Å². The molecular formula is C28H25N3O. The van der Waals surface area contributed by atoms with E-state index in [0.29, 0.717) is 12.2 Å². The molecule has 1 aliphatic carbocycles. The van der Waals surface area contributed by atoms with Crippen LogP contribution in [0.5, 0.6) is 0 Å². The van der Waals surface area contributed by atoms with Crippen LogP contribution < -0.4 is 4.90 Å². The van der Waals surface area contributed by atoms with E-state index in [2.05, 4.69) is 64.3 Å². The van der Waals surface area contributed by atoms with Gasteiger partial charge in [-0.1, -0.05) is 42.5 Å². The van der Waals surface area contributed by atoms with Crippen molar-refractivity contribution in [3.8, 4) is 6.07 Å². The second-order valence-electron chi connectivity index (χ2n) is 8.85. The van der Waals surface area contributed by atoms with Gasteiger partial charge in [0, 0.05) is 38.0 Å². The number of nitrogens with zero attached hydrogens (tertiary/aromatic N) is 3. The molecule has 0 unspecified atom stereocenters. The number of allylic oxidation sites excluding steroid dienone is 3. The van der Waals surface area contributed by atoms with Crippen molar-refractivity contribution in [2.24, 2.45) is 0 Å². The summed E-state index contributed by atoms with van der Waals surface area (Å²) in [6, 6.07) is 19.1. The molecule has 0 aromatic heterocycles. The zero-order valence-corrected chi connectivity index (χ0v) is 18.1. The Balaban J connectivity index is 1.41. The number of benzene rings is 2. The van der Waals surface area contributed by atoms with E-state index in [1.165, 1.54) is 29.7 Å². The summed E-state index contributed by atoms with van der Waals surface area (Å²) in [5.74, 6) is 0.707. The van der Waals surface area contributed by atoms with E-state index in [4.69, 9.17) is 11.3 Å². The average molecular weight is 420 g/mol. The second-order valence-corrected chi connectivity index (χ2v) is 8.85. The Morgan fingerprint density at radius 1 is 1.00 bits per heavy atom. The average Bonchev–Trinajstić information content (AvgIpc) is 3.46. The highest BCUT2D eigenvalue weighted by molar-refractivity contribution is 5.59. The van der Waals surface area contributed by atoms with Crippen molar-refractivity contribution in [2.75, 3.05) is 18.0 Å². The number of rotatable bonds is 3. The van der Waals surface area contributed by atoms with Gasteiger partial charge in [-0.05, 0) is 59.4 Å². The second kappa shape index (κ2) is 8.40. The van der Waals surface area contributed by atoms with Gasteiger partial charge in [0.25, 0.3) is 5.70 Å². The Labute approximate surface area is 189 Å². The van der Waals surface area contributed by atoms with Crippen molar-refractivity contribution < 1.29 is 4.74 Å². The van der Waals surface area contributed by atoms with Crippen molar-refractivity contribution in [1.29, 1.82) is 5.26 Å².